The van der Waals surface area contributed by atoms with Crippen LogP contribution in [0.5, 0.6) is 0 Å². The number of nitrogen functional groups attached to an aromatic ring is 1. The van der Waals surface area contributed by atoms with E-state index in [9.17, 15) is 14.4 Å². The number of benzene rings is 2. The van der Waals surface area contributed by atoms with E-state index in [1.54, 1.807) is 0 Å². The Hall–Kier alpha value is -3.67. The Morgan fingerprint density at radius 3 is 2.14 bits per heavy atom. The molecule has 0 atom stereocenters. The molecule has 0 unspecified atom stereocenters. The Bertz CT molecular complexity index is 1070. The number of carbonyl (C=O) groups is 2. The SMILES string of the molecule is CC(=O)On1c(Cc2ccccc2)cc(N)c(C(=O)CCc2ccccc2)c1=O. The summed E-state index contributed by atoms with van der Waals surface area (Å²) in [6, 6.07) is 20.4. The molecule has 3 aromatic rings. The molecule has 2 aromatic carbocycles. The molecule has 0 saturated heterocycles. The van der Waals surface area contributed by atoms with E-state index in [0.29, 0.717) is 18.5 Å². The Morgan fingerprint density at radius 2 is 1.55 bits per heavy atom. The Kier molecular flexibility index (Phi) is 6.24. The van der Waals surface area contributed by atoms with Crippen LogP contribution in [0, 0.1) is 0 Å². The first-order valence-corrected chi connectivity index (χ1v) is 9.30. The van der Waals surface area contributed by atoms with Crippen molar-refractivity contribution in [2.24, 2.45) is 0 Å². The van der Waals surface area contributed by atoms with Crippen LogP contribution in [-0.4, -0.2) is 16.5 Å². The summed E-state index contributed by atoms with van der Waals surface area (Å²) >= 11 is 0. The molecule has 148 valence electrons. The second kappa shape index (κ2) is 9.01. The van der Waals surface area contributed by atoms with Crippen molar-refractivity contribution in [3.63, 3.8) is 0 Å². The highest BCUT2D eigenvalue weighted by Gasteiger charge is 2.21. The van der Waals surface area contributed by atoms with Crippen LogP contribution in [0.25, 0.3) is 0 Å². The van der Waals surface area contributed by atoms with Crippen LogP contribution >= 0.6 is 0 Å². The van der Waals surface area contributed by atoms with Gasteiger partial charge in [0.2, 0.25) is 0 Å². The zero-order valence-corrected chi connectivity index (χ0v) is 16.1. The fourth-order valence-corrected chi connectivity index (χ4v) is 3.13. The van der Waals surface area contributed by atoms with E-state index < -0.39 is 11.5 Å². The molecular formula is C23H22N2O4. The van der Waals surface area contributed by atoms with Crippen LogP contribution in [0.3, 0.4) is 0 Å². The number of anilines is 1. The smallest absolute Gasteiger partial charge is 0.330 e. The highest BCUT2D eigenvalue weighted by molar-refractivity contribution is 6.00. The fraction of sp³-hybridized carbons (Fsp3) is 0.174. The minimum Gasteiger partial charge on any atom is -0.398 e. The summed E-state index contributed by atoms with van der Waals surface area (Å²) in [6.07, 6.45) is 0.936. The summed E-state index contributed by atoms with van der Waals surface area (Å²) < 4.78 is 0.876. The molecule has 0 amide bonds. The summed E-state index contributed by atoms with van der Waals surface area (Å²) in [5.41, 5.74) is 7.58. The summed E-state index contributed by atoms with van der Waals surface area (Å²) in [7, 11) is 0. The van der Waals surface area contributed by atoms with Gasteiger partial charge in [0, 0.05) is 25.5 Å². The topological polar surface area (TPSA) is 91.4 Å². The number of nitrogens with zero attached hydrogens (tertiary/aromatic N) is 1. The molecule has 0 aliphatic rings. The van der Waals surface area contributed by atoms with Crippen molar-refractivity contribution in [2.45, 2.75) is 26.2 Å². The largest absolute Gasteiger partial charge is 0.398 e. The molecule has 0 aliphatic heterocycles. The zero-order chi connectivity index (χ0) is 20.8. The van der Waals surface area contributed by atoms with Crippen molar-refractivity contribution in [1.29, 1.82) is 0 Å². The molecule has 0 radical (unpaired) electrons. The van der Waals surface area contributed by atoms with E-state index >= 15 is 0 Å². The van der Waals surface area contributed by atoms with Crippen molar-refractivity contribution >= 4 is 17.4 Å². The van der Waals surface area contributed by atoms with Crippen molar-refractivity contribution in [3.8, 4) is 0 Å². The van der Waals surface area contributed by atoms with Crippen LogP contribution in [0.4, 0.5) is 5.69 Å². The van der Waals surface area contributed by atoms with Gasteiger partial charge in [0.25, 0.3) is 5.56 Å². The molecular weight excluding hydrogens is 368 g/mol. The van der Waals surface area contributed by atoms with Crippen molar-refractivity contribution in [1.82, 2.24) is 4.73 Å². The second-order valence-corrected chi connectivity index (χ2v) is 6.72. The highest BCUT2D eigenvalue weighted by atomic mass is 16.7. The molecule has 6 nitrogen and oxygen atoms in total. The monoisotopic (exact) mass is 390 g/mol. The van der Waals surface area contributed by atoms with Gasteiger partial charge in [-0.3, -0.25) is 9.59 Å². The van der Waals surface area contributed by atoms with Gasteiger partial charge in [-0.05, 0) is 23.6 Å². The number of hydrogen-bond donors (Lipinski definition) is 1. The van der Waals surface area contributed by atoms with Gasteiger partial charge >= 0.3 is 5.97 Å². The van der Waals surface area contributed by atoms with Crippen LogP contribution in [0.1, 0.15) is 40.5 Å². The van der Waals surface area contributed by atoms with Gasteiger partial charge < -0.3 is 10.6 Å². The Morgan fingerprint density at radius 1 is 0.966 bits per heavy atom. The Labute approximate surface area is 168 Å². The van der Waals surface area contributed by atoms with Crippen molar-refractivity contribution < 1.29 is 14.4 Å². The van der Waals surface area contributed by atoms with Gasteiger partial charge in [-0.1, -0.05) is 60.7 Å². The molecule has 2 N–H and O–H groups in total. The van der Waals surface area contributed by atoms with E-state index in [-0.39, 0.29) is 23.5 Å². The quantitative estimate of drug-likeness (QED) is 0.627. The molecule has 0 saturated carbocycles. The molecule has 0 aliphatic carbocycles. The average molecular weight is 390 g/mol. The van der Waals surface area contributed by atoms with E-state index in [2.05, 4.69) is 0 Å². The molecule has 6 heteroatoms. The number of pyridine rings is 1. The fourth-order valence-electron chi connectivity index (χ4n) is 3.13. The lowest BCUT2D eigenvalue weighted by Crippen LogP contribution is -2.36. The number of rotatable bonds is 7. The zero-order valence-electron chi connectivity index (χ0n) is 16.1. The molecule has 0 spiro atoms. The average Bonchev–Trinajstić information content (AvgIpc) is 2.70. The van der Waals surface area contributed by atoms with Crippen LogP contribution in [-0.2, 0) is 17.6 Å². The van der Waals surface area contributed by atoms with Gasteiger partial charge in [-0.25, -0.2) is 4.79 Å². The molecule has 3 rings (SSSR count). The standard InChI is InChI=1S/C23H22N2O4/c1-16(26)29-25-19(14-18-10-6-3-7-11-18)15-20(24)22(23(25)28)21(27)13-12-17-8-4-2-5-9-17/h2-11,15H,12-14,24H2,1H3. The van der Waals surface area contributed by atoms with Crippen molar-refractivity contribution in [3.05, 3.63) is 99.5 Å². The van der Waals surface area contributed by atoms with Gasteiger partial charge in [0.1, 0.15) is 5.56 Å². The number of nitrogens with two attached hydrogens (primary N) is 1. The maximum atomic E-state index is 13.0. The number of carbonyl (C=O) groups excluding carboxylic acids is 2. The number of ketones is 1. The number of Topliss-reactive ketones (excluding diaryl/α,β-unsaturated/α-hetero) is 1. The van der Waals surface area contributed by atoms with Gasteiger partial charge in [-0.15, -0.1) is 4.73 Å². The molecule has 1 aromatic heterocycles. The van der Waals surface area contributed by atoms with Crippen LogP contribution in [0.2, 0.25) is 0 Å². The third-order valence-corrected chi connectivity index (χ3v) is 4.48. The lowest BCUT2D eigenvalue weighted by molar-refractivity contribution is -0.142. The summed E-state index contributed by atoms with van der Waals surface area (Å²) in [6.45, 7) is 1.20. The third-order valence-electron chi connectivity index (χ3n) is 4.48. The number of hydrogen-bond acceptors (Lipinski definition) is 5. The highest BCUT2D eigenvalue weighted by Crippen LogP contribution is 2.16. The maximum absolute atomic E-state index is 13.0. The van der Waals surface area contributed by atoms with E-state index in [0.717, 1.165) is 15.9 Å². The summed E-state index contributed by atoms with van der Waals surface area (Å²) in [5, 5.41) is 0. The summed E-state index contributed by atoms with van der Waals surface area (Å²) in [4.78, 5) is 42.4. The maximum Gasteiger partial charge on any atom is 0.330 e. The predicted octanol–water partition coefficient (Wildman–Crippen LogP) is 2.81. The van der Waals surface area contributed by atoms with Gasteiger partial charge in [-0.2, -0.15) is 0 Å². The van der Waals surface area contributed by atoms with Crippen LogP contribution in [0.15, 0.2) is 71.5 Å². The van der Waals surface area contributed by atoms with Gasteiger partial charge in [0.15, 0.2) is 5.78 Å². The number of aromatic nitrogens is 1. The minimum atomic E-state index is -0.718. The lowest BCUT2D eigenvalue weighted by Gasteiger charge is -2.15. The predicted molar refractivity (Wildman–Crippen MR) is 111 cm³/mol. The first-order valence-electron chi connectivity index (χ1n) is 9.30. The minimum absolute atomic E-state index is 0.0856. The summed E-state index contributed by atoms with van der Waals surface area (Å²) in [5.74, 6) is -1.04. The second-order valence-electron chi connectivity index (χ2n) is 6.72. The third kappa shape index (κ3) is 4.99. The Balaban J connectivity index is 1.94. The van der Waals surface area contributed by atoms with Crippen molar-refractivity contribution in [2.75, 3.05) is 5.73 Å². The van der Waals surface area contributed by atoms with Gasteiger partial charge in [0.05, 0.1) is 5.69 Å². The normalized spacial score (nSPS) is 10.5. The first-order chi connectivity index (χ1) is 14.0. The van der Waals surface area contributed by atoms with Crippen LogP contribution < -0.4 is 16.1 Å². The number of aryl methyl sites for hydroxylation is 1. The lowest BCUT2D eigenvalue weighted by atomic mass is 10.0. The molecule has 0 fully saturated rings. The van der Waals surface area contributed by atoms with E-state index in [1.807, 2.05) is 60.7 Å². The molecule has 29 heavy (non-hydrogen) atoms. The van der Waals surface area contributed by atoms with E-state index in [1.165, 1.54) is 13.0 Å². The van der Waals surface area contributed by atoms with E-state index in [4.69, 9.17) is 10.6 Å². The molecule has 0 bridgehead atoms. The molecule has 1 heterocycles. The first kappa shape index (κ1) is 20.1.